The van der Waals surface area contributed by atoms with Crippen molar-refractivity contribution in [1.29, 1.82) is 0 Å². The minimum atomic E-state index is -5.03. The fourth-order valence-corrected chi connectivity index (χ4v) is 3.85. The van der Waals surface area contributed by atoms with Gasteiger partial charge < -0.3 is 14.4 Å². The number of piperidine rings is 1. The first-order chi connectivity index (χ1) is 16.9. The molecule has 9 nitrogen and oxygen atoms in total. The minimum Gasteiger partial charge on any atom is -0.444 e. The molecule has 0 spiro atoms. The number of hydrogen-bond acceptors (Lipinski definition) is 6. The molecule has 0 aromatic heterocycles. The fourth-order valence-electron chi connectivity index (χ4n) is 3.85. The Kier molecular flexibility index (Phi) is 6.52. The first-order valence-electron chi connectivity index (χ1n) is 10.4. The van der Waals surface area contributed by atoms with E-state index in [4.69, 9.17) is 4.74 Å². The minimum absolute atomic E-state index is 0.0268. The van der Waals surface area contributed by atoms with Crippen LogP contribution >= 0.6 is 0 Å². The summed E-state index contributed by atoms with van der Waals surface area (Å²) in [5, 5.41) is 4.05. The molecule has 14 heteroatoms. The van der Waals surface area contributed by atoms with Crippen LogP contribution in [-0.4, -0.2) is 41.1 Å². The maximum atomic E-state index is 14.7. The molecular formula is C22H16F5N3O6. The number of fused-ring (bicyclic) bond motifs is 1. The van der Waals surface area contributed by atoms with E-state index < -0.39 is 65.9 Å². The number of rotatable bonds is 5. The third kappa shape index (κ3) is 5.37. The van der Waals surface area contributed by atoms with E-state index in [1.165, 1.54) is 6.07 Å². The van der Waals surface area contributed by atoms with Crippen LogP contribution in [0.15, 0.2) is 30.3 Å². The fraction of sp³-hybridized carbons (Fsp3) is 0.273. The Bertz CT molecular complexity index is 1270. The lowest BCUT2D eigenvalue weighted by Gasteiger charge is -2.29. The Hall–Kier alpha value is -4.23. The Morgan fingerprint density at radius 3 is 2.56 bits per heavy atom. The van der Waals surface area contributed by atoms with Crippen molar-refractivity contribution < 1.29 is 50.6 Å². The number of halogens is 5. The summed E-state index contributed by atoms with van der Waals surface area (Å²) < 4.78 is 74.1. The second-order valence-electron chi connectivity index (χ2n) is 7.89. The summed E-state index contributed by atoms with van der Waals surface area (Å²) in [6.45, 7) is -0.758. The Morgan fingerprint density at radius 2 is 1.86 bits per heavy atom. The summed E-state index contributed by atoms with van der Waals surface area (Å²) in [5.74, 6) is -4.41. The lowest BCUT2D eigenvalue weighted by molar-refractivity contribution is -0.274. The monoisotopic (exact) mass is 513 g/mol. The second kappa shape index (κ2) is 9.43. The molecule has 0 radical (unpaired) electrons. The first kappa shape index (κ1) is 24.9. The quantitative estimate of drug-likeness (QED) is 0.468. The predicted octanol–water partition coefficient (Wildman–Crippen LogP) is 3.37. The van der Waals surface area contributed by atoms with Gasteiger partial charge in [-0.25, -0.2) is 13.6 Å². The zero-order valence-corrected chi connectivity index (χ0v) is 18.1. The van der Waals surface area contributed by atoms with Crippen LogP contribution in [0.4, 0.5) is 32.4 Å². The molecule has 0 saturated carbocycles. The predicted molar refractivity (Wildman–Crippen MR) is 109 cm³/mol. The van der Waals surface area contributed by atoms with E-state index in [-0.39, 0.29) is 36.1 Å². The molecule has 2 aromatic carbocycles. The average molecular weight is 513 g/mol. The van der Waals surface area contributed by atoms with Crippen molar-refractivity contribution in [2.24, 2.45) is 0 Å². The van der Waals surface area contributed by atoms with Crippen molar-refractivity contribution in [2.75, 3.05) is 5.32 Å². The molecule has 2 aliphatic heterocycles. The number of amides is 4. The molecule has 0 bridgehead atoms. The van der Waals surface area contributed by atoms with Crippen molar-refractivity contribution in [3.05, 3.63) is 58.7 Å². The number of benzene rings is 2. The number of anilines is 1. The van der Waals surface area contributed by atoms with Gasteiger partial charge in [-0.05, 0) is 36.2 Å². The molecule has 2 aliphatic rings. The van der Waals surface area contributed by atoms with Crippen LogP contribution in [0.25, 0.3) is 0 Å². The molecule has 2 N–H and O–H groups in total. The third-order valence-corrected chi connectivity index (χ3v) is 5.44. The summed E-state index contributed by atoms with van der Waals surface area (Å²) in [7, 11) is 0. The molecule has 1 unspecified atom stereocenters. The van der Waals surface area contributed by atoms with E-state index >= 15 is 0 Å². The first-order valence-corrected chi connectivity index (χ1v) is 10.4. The van der Waals surface area contributed by atoms with Crippen molar-refractivity contribution in [3.8, 4) is 5.75 Å². The van der Waals surface area contributed by atoms with Gasteiger partial charge in [-0.15, -0.1) is 13.2 Å². The maximum absolute atomic E-state index is 14.7. The molecular weight excluding hydrogens is 497 g/mol. The van der Waals surface area contributed by atoms with Crippen LogP contribution in [0.1, 0.15) is 34.3 Å². The molecule has 0 aliphatic carbocycles. The number of carbonyl (C=O) groups excluding carboxylic acids is 4. The summed E-state index contributed by atoms with van der Waals surface area (Å²) in [6, 6.07) is 3.28. The van der Waals surface area contributed by atoms with Crippen LogP contribution < -0.4 is 15.4 Å². The summed E-state index contributed by atoms with van der Waals surface area (Å²) in [5.41, 5.74) is -0.630. The van der Waals surface area contributed by atoms with Crippen LogP contribution in [0.2, 0.25) is 0 Å². The van der Waals surface area contributed by atoms with Gasteiger partial charge in [0.05, 0.1) is 12.2 Å². The highest BCUT2D eigenvalue weighted by molar-refractivity contribution is 6.05. The van der Waals surface area contributed by atoms with E-state index in [1.54, 1.807) is 0 Å². The zero-order chi connectivity index (χ0) is 26.2. The summed E-state index contributed by atoms with van der Waals surface area (Å²) in [6.07, 6.45) is -6.18. The number of nitrogens with zero attached hydrogens (tertiary/aromatic N) is 1. The van der Waals surface area contributed by atoms with Crippen LogP contribution in [0.3, 0.4) is 0 Å². The van der Waals surface area contributed by atoms with Gasteiger partial charge in [0, 0.05) is 23.6 Å². The average Bonchev–Trinajstić information content (AvgIpc) is 3.10. The molecule has 1 fully saturated rings. The van der Waals surface area contributed by atoms with Crippen molar-refractivity contribution in [1.82, 2.24) is 10.2 Å². The van der Waals surface area contributed by atoms with Gasteiger partial charge in [0.1, 0.15) is 30.0 Å². The van der Waals surface area contributed by atoms with Gasteiger partial charge in [-0.1, -0.05) is 0 Å². The second-order valence-corrected chi connectivity index (χ2v) is 7.89. The third-order valence-electron chi connectivity index (χ3n) is 5.44. The Balaban J connectivity index is 1.42. The van der Waals surface area contributed by atoms with E-state index in [2.05, 4.69) is 10.1 Å². The van der Waals surface area contributed by atoms with Gasteiger partial charge >= 0.3 is 12.5 Å². The lowest BCUT2D eigenvalue weighted by atomic mass is 10.0. The molecule has 1 atom stereocenters. The van der Waals surface area contributed by atoms with Gasteiger partial charge in [0.25, 0.3) is 5.91 Å². The van der Waals surface area contributed by atoms with E-state index in [0.29, 0.717) is 18.2 Å². The van der Waals surface area contributed by atoms with Crippen LogP contribution in [0.5, 0.6) is 5.75 Å². The number of carbonyl (C=O) groups is 4. The lowest BCUT2D eigenvalue weighted by Crippen LogP contribution is -2.52. The highest BCUT2D eigenvalue weighted by atomic mass is 19.4. The van der Waals surface area contributed by atoms with Crippen molar-refractivity contribution >= 4 is 29.5 Å². The largest absolute Gasteiger partial charge is 0.573 e. The van der Waals surface area contributed by atoms with E-state index in [0.717, 1.165) is 11.0 Å². The topological polar surface area (TPSA) is 114 Å². The SMILES string of the molecule is O=C1CCC(N2Cc3c(F)cc(COC(=O)Nc4cc(OC(F)(F)F)ccc4F)cc3C2=O)C(=O)N1. The number of hydrogen-bond donors (Lipinski definition) is 2. The molecule has 36 heavy (non-hydrogen) atoms. The van der Waals surface area contributed by atoms with Gasteiger partial charge in [-0.3, -0.25) is 25.0 Å². The molecule has 4 amide bonds. The normalized spacial score (nSPS) is 17.5. The smallest absolute Gasteiger partial charge is 0.444 e. The Morgan fingerprint density at radius 1 is 1.11 bits per heavy atom. The number of ether oxygens (including phenoxy) is 2. The summed E-state index contributed by atoms with van der Waals surface area (Å²) in [4.78, 5) is 49.5. The number of imide groups is 1. The van der Waals surface area contributed by atoms with Gasteiger partial charge in [-0.2, -0.15) is 0 Å². The number of nitrogens with one attached hydrogen (secondary N) is 2. The van der Waals surface area contributed by atoms with E-state index in [1.807, 2.05) is 5.32 Å². The molecule has 2 aromatic rings. The molecule has 4 rings (SSSR count). The highest BCUT2D eigenvalue weighted by Crippen LogP contribution is 2.31. The van der Waals surface area contributed by atoms with Crippen LogP contribution in [-0.2, 0) is 27.5 Å². The Labute approximate surface area is 199 Å². The number of alkyl halides is 3. The van der Waals surface area contributed by atoms with Gasteiger partial charge in [0.2, 0.25) is 11.8 Å². The molecule has 190 valence electrons. The highest BCUT2D eigenvalue weighted by Gasteiger charge is 2.40. The van der Waals surface area contributed by atoms with Gasteiger partial charge in [0.15, 0.2) is 0 Å². The van der Waals surface area contributed by atoms with Crippen LogP contribution in [0, 0.1) is 11.6 Å². The maximum Gasteiger partial charge on any atom is 0.573 e. The molecule has 1 saturated heterocycles. The standard InChI is InChI=1S/C22H16F5N3O6/c23-14-2-1-11(36-22(25,26)27)7-16(14)28-21(34)35-9-10-5-12-13(15(24)6-10)8-30(20(12)33)17-3-4-18(31)29-19(17)32/h1-2,5-7,17H,3-4,8-9H2,(H,28,34)(H,29,31,32). The van der Waals surface area contributed by atoms with Crippen molar-refractivity contribution in [2.45, 2.75) is 38.4 Å². The summed E-state index contributed by atoms with van der Waals surface area (Å²) >= 11 is 0. The van der Waals surface area contributed by atoms with Crippen molar-refractivity contribution in [3.63, 3.8) is 0 Å². The molecule has 2 heterocycles. The van der Waals surface area contributed by atoms with E-state index in [9.17, 15) is 41.1 Å². The zero-order valence-electron chi connectivity index (χ0n) is 18.1.